The molecule has 1 aromatic carbocycles. The predicted molar refractivity (Wildman–Crippen MR) is 96.4 cm³/mol. The maximum atomic E-state index is 12.5. The number of hydrogen-bond donors (Lipinski definition) is 1. The van der Waals surface area contributed by atoms with Crippen molar-refractivity contribution in [3.63, 3.8) is 0 Å². The van der Waals surface area contributed by atoms with Gasteiger partial charge in [-0.2, -0.15) is 0 Å². The van der Waals surface area contributed by atoms with E-state index in [9.17, 15) is 4.79 Å². The van der Waals surface area contributed by atoms with Gasteiger partial charge in [-0.3, -0.25) is 4.79 Å². The number of unbranched alkanes of at least 4 members (excludes halogenated alkanes) is 6. The average Bonchev–Trinajstić information content (AvgIpc) is 2.55. The second kappa shape index (κ2) is 12.3. The van der Waals surface area contributed by atoms with E-state index < -0.39 is 0 Å². The number of carbonyl (C=O) groups is 1. The summed E-state index contributed by atoms with van der Waals surface area (Å²) in [5.74, 6) is 0.386. The Kier molecular flexibility index (Phi) is 10.4. The molecule has 0 aliphatic rings. The van der Waals surface area contributed by atoms with Crippen molar-refractivity contribution in [2.45, 2.75) is 84.1 Å². The first-order valence-electron chi connectivity index (χ1n) is 9.12. The second-order valence-corrected chi connectivity index (χ2v) is 6.19. The van der Waals surface area contributed by atoms with Crippen molar-refractivity contribution < 1.29 is 4.79 Å². The zero-order chi connectivity index (χ0) is 16.0. The molecule has 0 aliphatic carbocycles. The van der Waals surface area contributed by atoms with E-state index in [1.54, 1.807) is 0 Å². The Balaban J connectivity index is 2.47. The maximum absolute atomic E-state index is 12.5. The third-order valence-corrected chi connectivity index (χ3v) is 4.13. The number of anilines is 1. The van der Waals surface area contributed by atoms with Gasteiger partial charge in [0.1, 0.15) is 0 Å². The zero-order valence-corrected chi connectivity index (χ0v) is 14.4. The minimum absolute atomic E-state index is 0.0131. The topological polar surface area (TPSA) is 29.1 Å². The molecule has 0 fully saturated rings. The van der Waals surface area contributed by atoms with Crippen molar-refractivity contribution in [3.05, 3.63) is 30.3 Å². The quantitative estimate of drug-likeness (QED) is 0.454. The van der Waals surface area contributed by atoms with Crippen LogP contribution in [0.4, 0.5) is 5.69 Å². The highest BCUT2D eigenvalue weighted by molar-refractivity contribution is 5.86. The number of rotatable bonds is 13. The molecule has 0 heterocycles. The molecule has 0 saturated carbocycles. The average molecular weight is 303 g/mol. The fourth-order valence-electron chi connectivity index (χ4n) is 2.72. The highest BCUT2D eigenvalue weighted by atomic mass is 16.1. The summed E-state index contributed by atoms with van der Waals surface area (Å²) in [5.41, 5.74) is 1.06. The van der Waals surface area contributed by atoms with Gasteiger partial charge in [0, 0.05) is 12.1 Å². The van der Waals surface area contributed by atoms with Crippen LogP contribution in [0.1, 0.15) is 78.1 Å². The molecule has 0 unspecified atom stereocenters. The van der Waals surface area contributed by atoms with Crippen LogP contribution in [0, 0.1) is 0 Å². The normalized spacial score (nSPS) is 12.1. The Morgan fingerprint density at radius 1 is 0.909 bits per heavy atom. The van der Waals surface area contributed by atoms with Crippen molar-refractivity contribution >= 4 is 11.5 Å². The Bertz CT molecular complexity index is 388. The number of para-hydroxylation sites is 1. The van der Waals surface area contributed by atoms with E-state index in [2.05, 4.69) is 19.2 Å². The van der Waals surface area contributed by atoms with Crippen LogP contribution in [0.25, 0.3) is 0 Å². The summed E-state index contributed by atoms with van der Waals surface area (Å²) in [5, 5.41) is 3.45. The minimum Gasteiger partial charge on any atom is -0.375 e. The molecule has 0 bridgehead atoms. The summed E-state index contributed by atoms with van der Waals surface area (Å²) in [6.45, 7) is 4.42. The van der Waals surface area contributed by atoms with Crippen molar-refractivity contribution in [2.75, 3.05) is 5.32 Å². The molecule has 0 amide bonds. The van der Waals surface area contributed by atoms with E-state index in [4.69, 9.17) is 0 Å². The highest BCUT2D eigenvalue weighted by Crippen LogP contribution is 2.15. The van der Waals surface area contributed by atoms with Crippen LogP contribution in [-0.4, -0.2) is 11.8 Å². The third kappa shape index (κ3) is 8.21. The lowest BCUT2D eigenvalue weighted by Crippen LogP contribution is -2.29. The van der Waals surface area contributed by atoms with Crippen LogP contribution in [0.2, 0.25) is 0 Å². The first-order valence-corrected chi connectivity index (χ1v) is 9.12. The molecular formula is C20H33NO. The van der Waals surface area contributed by atoms with Gasteiger partial charge < -0.3 is 5.32 Å². The summed E-state index contributed by atoms with van der Waals surface area (Å²) >= 11 is 0. The molecule has 0 aromatic heterocycles. The van der Waals surface area contributed by atoms with Crippen molar-refractivity contribution in [2.24, 2.45) is 0 Å². The van der Waals surface area contributed by atoms with Gasteiger partial charge in [0.15, 0.2) is 5.78 Å². The molecule has 1 atom stereocenters. The van der Waals surface area contributed by atoms with Gasteiger partial charge in [0.25, 0.3) is 0 Å². The molecule has 0 radical (unpaired) electrons. The Hall–Kier alpha value is -1.31. The maximum Gasteiger partial charge on any atom is 0.155 e. The summed E-state index contributed by atoms with van der Waals surface area (Å²) in [4.78, 5) is 12.5. The van der Waals surface area contributed by atoms with Gasteiger partial charge in [-0.05, 0) is 25.0 Å². The van der Waals surface area contributed by atoms with Gasteiger partial charge in [-0.25, -0.2) is 0 Å². The SMILES string of the molecule is CCCCCCC(=O)[C@H](CCCCCC)Nc1ccccc1. The summed E-state index contributed by atoms with van der Waals surface area (Å²) in [6.07, 6.45) is 11.2. The smallest absolute Gasteiger partial charge is 0.155 e. The number of nitrogens with one attached hydrogen (secondary N) is 1. The lowest BCUT2D eigenvalue weighted by atomic mass is 9.99. The number of hydrogen-bond acceptors (Lipinski definition) is 2. The van der Waals surface area contributed by atoms with Gasteiger partial charge in [0.05, 0.1) is 6.04 Å². The molecule has 22 heavy (non-hydrogen) atoms. The molecule has 1 rings (SSSR count). The summed E-state index contributed by atoms with van der Waals surface area (Å²) in [6, 6.07) is 10.1. The molecule has 0 aliphatic heterocycles. The van der Waals surface area contributed by atoms with Gasteiger partial charge in [-0.1, -0.05) is 77.0 Å². The number of carbonyl (C=O) groups excluding carboxylic acids is 1. The van der Waals surface area contributed by atoms with Gasteiger partial charge in [-0.15, -0.1) is 0 Å². The highest BCUT2D eigenvalue weighted by Gasteiger charge is 2.17. The van der Waals surface area contributed by atoms with Crippen molar-refractivity contribution in [1.82, 2.24) is 0 Å². The Morgan fingerprint density at radius 2 is 1.55 bits per heavy atom. The monoisotopic (exact) mass is 303 g/mol. The van der Waals surface area contributed by atoms with Crippen LogP contribution in [0.15, 0.2) is 30.3 Å². The molecule has 0 spiro atoms. The van der Waals surface area contributed by atoms with E-state index in [0.717, 1.165) is 31.4 Å². The van der Waals surface area contributed by atoms with Crippen molar-refractivity contribution in [1.29, 1.82) is 0 Å². The van der Waals surface area contributed by atoms with E-state index >= 15 is 0 Å². The predicted octanol–water partition coefficient (Wildman–Crippen LogP) is 5.98. The van der Waals surface area contributed by atoms with Crippen LogP contribution in [-0.2, 0) is 4.79 Å². The standard InChI is InChI=1S/C20H33NO/c1-3-5-7-12-16-19(20(22)17-13-8-6-4-2)21-18-14-10-9-11-15-18/h9-11,14-15,19,21H,3-8,12-13,16-17H2,1-2H3/t19-/m0/s1. The molecule has 1 aromatic rings. The summed E-state index contributed by atoms with van der Waals surface area (Å²) < 4.78 is 0. The fourth-order valence-corrected chi connectivity index (χ4v) is 2.72. The van der Waals surface area contributed by atoms with Crippen LogP contribution < -0.4 is 5.32 Å². The van der Waals surface area contributed by atoms with Gasteiger partial charge >= 0.3 is 0 Å². The molecule has 2 heteroatoms. The number of Topliss-reactive ketones (excluding diaryl/α,β-unsaturated/α-hetero) is 1. The molecule has 2 nitrogen and oxygen atoms in total. The summed E-state index contributed by atoms with van der Waals surface area (Å²) in [7, 11) is 0. The van der Waals surface area contributed by atoms with Gasteiger partial charge in [0.2, 0.25) is 0 Å². The van der Waals surface area contributed by atoms with E-state index in [1.165, 1.54) is 38.5 Å². The van der Waals surface area contributed by atoms with E-state index in [1.807, 2.05) is 30.3 Å². The van der Waals surface area contributed by atoms with Crippen LogP contribution in [0.5, 0.6) is 0 Å². The lowest BCUT2D eigenvalue weighted by Gasteiger charge is -2.19. The number of ketones is 1. The second-order valence-electron chi connectivity index (χ2n) is 6.19. The van der Waals surface area contributed by atoms with E-state index in [-0.39, 0.29) is 6.04 Å². The Labute approximate surface area is 136 Å². The largest absolute Gasteiger partial charge is 0.375 e. The molecule has 1 N–H and O–H groups in total. The zero-order valence-electron chi connectivity index (χ0n) is 14.4. The molecular weight excluding hydrogens is 270 g/mol. The molecule has 124 valence electrons. The minimum atomic E-state index is -0.0131. The third-order valence-electron chi connectivity index (χ3n) is 4.13. The first kappa shape index (κ1) is 18.7. The van der Waals surface area contributed by atoms with Crippen LogP contribution >= 0.6 is 0 Å². The van der Waals surface area contributed by atoms with E-state index in [0.29, 0.717) is 5.78 Å². The first-order chi connectivity index (χ1) is 10.8. The lowest BCUT2D eigenvalue weighted by molar-refractivity contribution is -0.120. The Morgan fingerprint density at radius 3 is 2.18 bits per heavy atom. The molecule has 0 saturated heterocycles. The number of benzene rings is 1. The fraction of sp³-hybridized carbons (Fsp3) is 0.650. The van der Waals surface area contributed by atoms with Crippen LogP contribution in [0.3, 0.4) is 0 Å². The van der Waals surface area contributed by atoms with Crippen molar-refractivity contribution in [3.8, 4) is 0 Å².